The Balaban J connectivity index is 3.13. The summed E-state index contributed by atoms with van der Waals surface area (Å²) in [6.07, 6.45) is 6.90. The van der Waals surface area contributed by atoms with Crippen molar-refractivity contribution in [2.45, 2.75) is 26.8 Å². The molecule has 5 heteroatoms. The highest BCUT2D eigenvalue weighted by atomic mass is 19.1. The lowest BCUT2D eigenvalue weighted by Crippen LogP contribution is -2.45. The summed E-state index contributed by atoms with van der Waals surface area (Å²) in [5, 5.41) is 9.10. The van der Waals surface area contributed by atoms with E-state index in [0.717, 1.165) is 6.07 Å². The van der Waals surface area contributed by atoms with Gasteiger partial charge in [-0.1, -0.05) is 13.8 Å². The van der Waals surface area contributed by atoms with Gasteiger partial charge in [0.15, 0.2) is 0 Å². The van der Waals surface area contributed by atoms with E-state index in [4.69, 9.17) is 11.5 Å². The van der Waals surface area contributed by atoms with E-state index in [1.165, 1.54) is 24.0 Å². The lowest BCUT2D eigenvalue weighted by Gasteiger charge is -2.28. The Kier molecular flexibility index (Phi) is 5.48. The maximum atomic E-state index is 13.6. The third-order valence-electron chi connectivity index (χ3n) is 3.00. The first kappa shape index (κ1) is 16.7. The summed E-state index contributed by atoms with van der Waals surface area (Å²) in [7, 11) is 0. The maximum absolute atomic E-state index is 13.6. The van der Waals surface area contributed by atoms with E-state index in [-0.39, 0.29) is 23.6 Å². The second-order valence-corrected chi connectivity index (χ2v) is 5.19. The number of carbonyl (C=O) groups excluding carboxylic acids is 1. The first-order valence-electron chi connectivity index (χ1n) is 6.54. The minimum Gasteiger partial charge on any atom is -0.480 e. The zero-order chi connectivity index (χ0) is 16.2. The third-order valence-corrected chi connectivity index (χ3v) is 3.00. The van der Waals surface area contributed by atoms with Crippen molar-refractivity contribution < 1.29 is 19.1 Å². The van der Waals surface area contributed by atoms with Gasteiger partial charge >= 0.3 is 5.97 Å². The zero-order valence-electron chi connectivity index (χ0n) is 12.2. The molecule has 0 saturated heterocycles. The number of amides is 1. The van der Waals surface area contributed by atoms with Crippen LogP contribution in [0, 0.1) is 24.1 Å². The maximum Gasteiger partial charge on any atom is 0.326 e. The van der Waals surface area contributed by atoms with Gasteiger partial charge in [-0.15, -0.1) is 0 Å². The van der Waals surface area contributed by atoms with Gasteiger partial charge in [0.25, 0.3) is 5.91 Å². The molecule has 1 atom stereocenters. The summed E-state index contributed by atoms with van der Waals surface area (Å²) in [4.78, 5) is 24.7. The smallest absolute Gasteiger partial charge is 0.326 e. The fourth-order valence-corrected chi connectivity index (χ4v) is 1.86. The Hall–Kier alpha value is -2.35. The minimum absolute atomic E-state index is 0.0479. The minimum atomic E-state index is -1.12. The van der Waals surface area contributed by atoms with Gasteiger partial charge in [-0.3, -0.25) is 4.79 Å². The van der Waals surface area contributed by atoms with Crippen molar-refractivity contribution in [2.75, 3.05) is 6.54 Å². The average Bonchev–Trinajstić information content (AvgIpc) is 2.42. The van der Waals surface area contributed by atoms with E-state index in [0.29, 0.717) is 0 Å². The van der Waals surface area contributed by atoms with Crippen molar-refractivity contribution in [3.05, 3.63) is 41.6 Å². The number of rotatable bonds is 5. The van der Waals surface area contributed by atoms with Gasteiger partial charge in [-0.2, -0.15) is 0 Å². The van der Waals surface area contributed by atoms with E-state index >= 15 is 0 Å². The van der Waals surface area contributed by atoms with Gasteiger partial charge < -0.3 is 10.0 Å². The number of aliphatic carboxylic acids is 1. The second-order valence-electron chi connectivity index (χ2n) is 5.19. The largest absolute Gasteiger partial charge is 0.480 e. The van der Waals surface area contributed by atoms with Crippen LogP contribution in [0.5, 0.6) is 0 Å². The number of carboxylic acids is 1. The topological polar surface area (TPSA) is 57.6 Å². The first-order chi connectivity index (χ1) is 9.77. The van der Waals surface area contributed by atoms with Crippen molar-refractivity contribution in [3.63, 3.8) is 0 Å². The molecule has 111 valence electrons. The van der Waals surface area contributed by atoms with Crippen molar-refractivity contribution in [1.82, 2.24) is 4.90 Å². The Bertz CT molecular complexity index is 590. The molecule has 0 saturated carbocycles. The molecule has 1 amide bonds. The summed E-state index contributed by atoms with van der Waals surface area (Å²) in [6.45, 7) is 5.40. The third kappa shape index (κ3) is 4.06. The molecule has 0 bridgehead atoms. The Morgan fingerprint density at radius 2 is 2.00 bits per heavy atom. The van der Waals surface area contributed by atoms with E-state index in [2.05, 4.69) is 0 Å². The summed E-state index contributed by atoms with van der Waals surface area (Å²) < 4.78 is 13.6. The number of halogens is 1. The van der Waals surface area contributed by atoms with Crippen molar-refractivity contribution in [1.29, 1.82) is 0 Å². The van der Waals surface area contributed by atoms with Crippen LogP contribution in [0.1, 0.15) is 36.7 Å². The number of carboxylic acid groups (broad SMARTS) is 1. The van der Waals surface area contributed by atoms with Gasteiger partial charge in [0.1, 0.15) is 11.9 Å². The van der Waals surface area contributed by atoms with E-state index in [9.17, 15) is 14.0 Å². The zero-order valence-corrected chi connectivity index (χ0v) is 12.2. The Morgan fingerprint density at radius 3 is 2.43 bits per heavy atom. The molecule has 1 N–H and O–H groups in total. The lowest BCUT2D eigenvalue weighted by molar-refractivity contribution is -0.141. The molecule has 0 aliphatic rings. The Morgan fingerprint density at radius 1 is 1.38 bits per heavy atom. The summed E-state index contributed by atoms with van der Waals surface area (Å²) in [5.41, 5.74) is 0.00786. The molecule has 0 fully saturated rings. The molecular formula is C16H17FNO3. The second kappa shape index (κ2) is 6.89. The molecule has 0 aliphatic heterocycles. The normalized spacial score (nSPS) is 11.8. The highest BCUT2D eigenvalue weighted by molar-refractivity contribution is 5.96. The van der Waals surface area contributed by atoms with Gasteiger partial charge in [-0.05, 0) is 43.4 Å². The fourth-order valence-electron chi connectivity index (χ4n) is 1.86. The van der Waals surface area contributed by atoms with Crippen LogP contribution in [-0.4, -0.2) is 34.5 Å². The monoisotopic (exact) mass is 290 g/mol. The SMILES string of the molecule is [C]#Cc1ccc(C(=O)N(CC(C)C)C(C)C(=O)O)cc1F. The van der Waals surface area contributed by atoms with Crippen molar-refractivity contribution >= 4 is 11.9 Å². The summed E-state index contributed by atoms with van der Waals surface area (Å²) >= 11 is 0. The van der Waals surface area contributed by atoms with Crippen LogP contribution in [-0.2, 0) is 4.79 Å². The van der Waals surface area contributed by atoms with Gasteiger partial charge in [0.05, 0.1) is 5.56 Å². The molecule has 4 nitrogen and oxygen atoms in total. The molecular weight excluding hydrogens is 273 g/mol. The van der Waals surface area contributed by atoms with Gasteiger partial charge in [0, 0.05) is 12.1 Å². The first-order valence-corrected chi connectivity index (χ1v) is 6.54. The van der Waals surface area contributed by atoms with Crippen LogP contribution in [0.25, 0.3) is 0 Å². The van der Waals surface area contributed by atoms with Gasteiger partial charge in [-0.25, -0.2) is 9.18 Å². The van der Waals surface area contributed by atoms with Crippen molar-refractivity contribution in [2.24, 2.45) is 5.92 Å². The van der Waals surface area contributed by atoms with Crippen LogP contribution >= 0.6 is 0 Å². The highest BCUT2D eigenvalue weighted by Crippen LogP contribution is 2.15. The van der Waals surface area contributed by atoms with Crippen LogP contribution in [0.15, 0.2) is 18.2 Å². The number of carbonyl (C=O) groups is 2. The predicted molar refractivity (Wildman–Crippen MR) is 75.6 cm³/mol. The Labute approximate surface area is 123 Å². The predicted octanol–water partition coefficient (Wildman–Crippen LogP) is 2.33. The molecule has 0 aromatic heterocycles. The molecule has 1 aromatic rings. The average molecular weight is 290 g/mol. The van der Waals surface area contributed by atoms with Crippen LogP contribution < -0.4 is 0 Å². The molecule has 1 rings (SSSR count). The molecule has 1 unspecified atom stereocenters. The molecule has 21 heavy (non-hydrogen) atoms. The van der Waals surface area contributed by atoms with E-state index < -0.39 is 23.7 Å². The van der Waals surface area contributed by atoms with E-state index in [1.54, 1.807) is 0 Å². The van der Waals surface area contributed by atoms with E-state index in [1.807, 2.05) is 19.8 Å². The summed E-state index contributed by atoms with van der Waals surface area (Å²) in [5.74, 6) is -0.399. The van der Waals surface area contributed by atoms with Crippen LogP contribution in [0.3, 0.4) is 0 Å². The molecule has 1 radical (unpaired) electrons. The number of benzene rings is 1. The highest BCUT2D eigenvalue weighted by Gasteiger charge is 2.27. The quantitative estimate of drug-likeness (QED) is 0.847. The molecule has 0 heterocycles. The molecule has 0 spiro atoms. The number of nitrogens with zero attached hydrogens (tertiary/aromatic N) is 1. The fraction of sp³-hybridized carbons (Fsp3) is 0.375. The standard InChI is InChI=1S/C16H17FNO3/c1-5-12-6-7-13(8-14(12)17)15(19)18(9-10(2)3)11(4)16(20)21/h6-8,10-11H,9H2,2-4H3,(H,20,21). The molecule has 1 aromatic carbocycles. The number of hydrogen-bond acceptors (Lipinski definition) is 2. The van der Waals surface area contributed by atoms with Crippen LogP contribution in [0.2, 0.25) is 0 Å². The van der Waals surface area contributed by atoms with Gasteiger partial charge in [0.2, 0.25) is 0 Å². The number of hydrogen-bond donors (Lipinski definition) is 1. The summed E-state index contributed by atoms with van der Waals surface area (Å²) in [6, 6.07) is 2.64. The van der Waals surface area contributed by atoms with Crippen LogP contribution in [0.4, 0.5) is 4.39 Å². The van der Waals surface area contributed by atoms with Crippen molar-refractivity contribution in [3.8, 4) is 5.92 Å². The lowest BCUT2D eigenvalue weighted by atomic mass is 10.1. The molecule has 0 aliphatic carbocycles.